The van der Waals surface area contributed by atoms with Crippen molar-refractivity contribution in [1.29, 1.82) is 0 Å². The molecule has 1 N–H and O–H groups in total. The largest absolute Gasteiger partial charge is 0.481 e. The SMILES string of the molecule is COc1ccc(NS(=O)(=O)c2cnc(Cl)c(Br)c2)c(OC)n1. The number of hydrogen-bond donors (Lipinski definition) is 1. The molecule has 10 heteroatoms. The van der Waals surface area contributed by atoms with Crippen LogP contribution in [0, 0.1) is 0 Å². The smallest absolute Gasteiger partial charge is 0.263 e. The van der Waals surface area contributed by atoms with Crippen molar-refractivity contribution in [3.63, 3.8) is 0 Å². The normalized spacial score (nSPS) is 11.1. The monoisotopic (exact) mass is 407 g/mol. The number of anilines is 1. The number of halogens is 2. The Kier molecular flexibility index (Phi) is 5.09. The van der Waals surface area contributed by atoms with Crippen LogP contribution in [-0.2, 0) is 10.0 Å². The van der Waals surface area contributed by atoms with Gasteiger partial charge in [-0.3, -0.25) is 4.72 Å². The second kappa shape index (κ2) is 6.67. The summed E-state index contributed by atoms with van der Waals surface area (Å²) in [5.41, 5.74) is 0.175. The Morgan fingerprint density at radius 2 is 2.00 bits per heavy atom. The summed E-state index contributed by atoms with van der Waals surface area (Å²) in [5.74, 6) is 0.389. The number of ether oxygens (including phenoxy) is 2. The highest BCUT2D eigenvalue weighted by atomic mass is 79.9. The van der Waals surface area contributed by atoms with Gasteiger partial charge in [0.25, 0.3) is 10.0 Å². The van der Waals surface area contributed by atoms with Gasteiger partial charge in [-0.1, -0.05) is 11.6 Å². The summed E-state index contributed by atoms with van der Waals surface area (Å²) in [6, 6.07) is 4.35. The second-order valence-electron chi connectivity index (χ2n) is 3.96. The summed E-state index contributed by atoms with van der Waals surface area (Å²) in [4.78, 5) is 7.74. The van der Waals surface area contributed by atoms with Gasteiger partial charge >= 0.3 is 0 Å². The molecule has 0 unspecified atom stereocenters. The number of sulfonamides is 1. The van der Waals surface area contributed by atoms with Crippen LogP contribution < -0.4 is 14.2 Å². The van der Waals surface area contributed by atoms with Crippen molar-refractivity contribution in [2.45, 2.75) is 4.90 Å². The van der Waals surface area contributed by atoms with Gasteiger partial charge in [-0.05, 0) is 28.1 Å². The van der Waals surface area contributed by atoms with Crippen molar-refractivity contribution in [2.24, 2.45) is 0 Å². The standard InChI is InChI=1S/C12H11BrClN3O4S/c1-20-10-4-3-9(12(16-10)21-2)17-22(18,19)7-5-8(13)11(14)15-6-7/h3-6,17H,1-2H3. The zero-order valence-electron chi connectivity index (χ0n) is 11.5. The first-order chi connectivity index (χ1) is 10.4. The van der Waals surface area contributed by atoms with Crippen molar-refractivity contribution in [3.8, 4) is 11.8 Å². The molecule has 0 aromatic carbocycles. The highest BCUT2D eigenvalue weighted by molar-refractivity contribution is 9.10. The van der Waals surface area contributed by atoms with Crippen LogP contribution in [0.1, 0.15) is 0 Å². The van der Waals surface area contributed by atoms with Gasteiger partial charge < -0.3 is 9.47 Å². The van der Waals surface area contributed by atoms with Crippen LogP contribution in [0.2, 0.25) is 5.15 Å². The Balaban J connectivity index is 2.38. The molecular formula is C12H11BrClN3O4S. The Labute approximate surface area is 140 Å². The molecule has 22 heavy (non-hydrogen) atoms. The van der Waals surface area contributed by atoms with Crippen LogP contribution in [0.5, 0.6) is 11.8 Å². The Morgan fingerprint density at radius 3 is 2.59 bits per heavy atom. The van der Waals surface area contributed by atoms with Crippen LogP contribution in [0.4, 0.5) is 5.69 Å². The third-order valence-corrected chi connectivity index (χ3v) is 5.03. The quantitative estimate of drug-likeness (QED) is 0.765. The second-order valence-corrected chi connectivity index (χ2v) is 6.85. The fourth-order valence-corrected chi connectivity index (χ4v) is 3.16. The van der Waals surface area contributed by atoms with E-state index >= 15 is 0 Å². The van der Waals surface area contributed by atoms with E-state index in [1.807, 2.05) is 0 Å². The molecule has 0 saturated heterocycles. The lowest BCUT2D eigenvalue weighted by Crippen LogP contribution is -2.14. The van der Waals surface area contributed by atoms with Crippen LogP contribution in [0.15, 0.2) is 33.8 Å². The van der Waals surface area contributed by atoms with Crippen molar-refractivity contribution < 1.29 is 17.9 Å². The first-order valence-corrected chi connectivity index (χ1v) is 8.45. The van der Waals surface area contributed by atoms with E-state index in [1.165, 1.54) is 32.4 Å². The molecule has 2 rings (SSSR count). The zero-order valence-corrected chi connectivity index (χ0v) is 14.7. The van der Waals surface area contributed by atoms with Crippen molar-refractivity contribution >= 4 is 43.2 Å². The van der Waals surface area contributed by atoms with E-state index in [0.29, 0.717) is 10.4 Å². The van der Waals surface area contributed by atoms with E-state index < -0.39 is 10.0 Å². The molecule has 0 spiro atoms. The molecule has 2 aromatic rings. The molecule has 7 nitrogen and oxygen atoms in total. The third kappa shape index (κ3) is 3.60. The van der Waals surface area contributed by atoms with Crippen LogP contribution in [0.3, 0.4) is 0 Å². The van der Waals surface area contributed by atoms with Crippen LogP contribution in [0.25, 0.3) is 0 Å². The molecule has 118 valence electrons. The molecule has 0 fully saturated rings. The number of aromatic nitrogens is 2. The minimum absolute atomic E-state index is 0.0540. The fourth-order valence-electron chi connectivity index (χ4n) is 1.52. The van der Waals surface area contributed by atoms with Gasteiger partial charge in [0.2, 0.25) is 11.8 Å². The molecule has 0 bridgehead atoms. The number of nitrogens with one attached hydrogen (secondary N) is 1. The molecule has 0 saturated carbocycles. The molecule has 0 aliphatic heterocycles. The van der Waals surface area contributed by atoms with Gasteiger partial charge in [0.05, 0.1) is 18.7 Å². The van der Waals surface area contributed by atoms with Crippen molar-refractivity contribution in [3.05, 3.63) is 34.0 Å². The van der Waals surface area contributed by atoms with Gasteiger partial charge in [-0.2, -0.15) is 4.98 Å². The van der Waals surface area contributed by atoms with Crippen molar-refractivity contribution in [2.75, 3.05) is 18.9 Å². The highest BCUT2D eigenvalue weighted by Crippen LogP contribution is 2.28. The van der Waals surface area contributed by atoms with E-state index in [-0.39, 0.29) is 21.6 Å². The maximum atomic E-state index is 12.4. The lowest BCUT2D eigenvalue weighted by Gasteiger charge is -2.12. The Hall–Kier alpha value is -1.58. The summed E-state index contributed by atoms with van der Waals surface area (Å²) in [6.45, 7) is 0. The molecule has 0 aliphatic rings. The summed E-state index contributed by atoms with van der Waals surface area (Å²) in [7, 11) is -1.04. The summed E-state index contributed by atoms with van der Waals surface area (Å²) < 4.78 is 37.5. The molecule has 2 aromatic heterocycles. The molecule has 0 atom stereocenters. The van der Waals surface area contributed by atoms with Gasteiger partial charge in [-0.15, -0.1) is 0 Å². The number of pyridine rings is 2. The number of hydrogen-bond acceptors (Lipinski definition) is 6. The Bertz CT molecular complexity index is 801. The summed E-state index contributed by atoms with van der Waals surface area (Å²) in [6.07, 6.45) is 1.15. The lowest BCUT2D eigenvalue weighted by atomic mass is 10.4. The van der Waals surface area contributed by atoms with E-state index in [4.69, 9.17) is 21.1 Å². The fraction of sp³-hybridized carbons (Fsp3) is 0.167. The maximum absolute atomic E-state index is 12.4. The predicted octanol–water partition coefficient (Wildman–Crippen LogP) is 2.71. The van der Waals surface area contributed by atoms with Crippen molar-refractivity contribution in [1.82, 2.24) is 9.97 Å². The first kappa shape index (κ1) is 16.8. The molecule has 2 heterocycles. The van der Waals surface area contributed by atoms with Crippen LogP contribution in [-0.4, -0.2) is 32.6 Å². The number of methoxy groups -OCH3 is 2. The lowest BCUT2D eigenvalue weighted by molar-refractivity contribution is 0.366. The predicted molar refractivity (Wildman–Crippen MR) is 85.1 cm³/mol. The first-order valence-electron chi connectivity index (χ1n) is 5.80. The summed E-state index contributed by atoms with van der Waals surface area (Å²) in [5, 5.41) is 0.169. The molecule has 0 amide bonds. The van der Waals surface area contributed by atoms with Gasteiger partial charge in [0, 0.05) is 12.3 Å². The molecular weight excluding hydrogens is 398 g/mol. The third-order valence-electron chi connectivity index (χ3n) is 2.56. The minimum Gasteiger partial charge on any atom is -0.481 e. The number of rotatable bonds is 5. The molecule has 0 radical (unpaired) electrons. The number of nitrogens with zero attached hydrogens (tertiary/aromatic N) is 2. The minimum atomic E-state index is -3.87. The van der Waals surface area contributed by atoms with E-state index in [1.54, 1.807) is 0 Å². The van der Waals surface area contributed by atoms with Gasteiger partial charge in [0.1, 0.15) is 15.7 Å². The Morgan fingerprint density at radius 1 is 1.27 bits per heavy atom. The zero-order chi connectivity index (χ0) is 16.3. The van der Waals surface area contributed by atoms with E-state index in [0.717, 1.165) is 6.20 Å². The summed E-state index contributed by atoms with van der Waals surface area (Å²) >= 11 is 8.89. The topological polar surface area (TPSA) is 90.4 Å². The van der Waals surface area contributed by atoms with E-state index in [9.17, 15) is 8.42 Å². The average molecular weight is 409 g/mol. The highest BCUT2D eigenvalue weighted by Gasteiger charge is 2.19. The molecule has 0 aliphatic carbocycles. The average Bonchev–Trinajstić information content (AvgIpc) is 2.50. The van der Waals surface area contributed by atoms with E-state index in [2.05, 4.69) is 30.6 Å². The van der Waals surface area contributed by atoms with Crippen LogP contribution >= 0.6 is 27.5 Å². The van der Waals surface area contributed by atoms with Gasteiger partial charge in [-0.25, -0.2) is 13.4 Å². The maximum Gasteiger partial charge on any atom is 0.263 e. The van der Waals surface area contributed by atoms with Gasteiger partial charge in [0.15, 0.2) is 0 Å².